The Labute approximate surface area is 107 Å². The van der Waals surface area contributed by atoms with Crippen LogP contribution in [0.25, 0.3) is 0 Å². The molecule has 0 aromatic heterocycles. The highest BCUT2D eigenvalue weighted by atomic mass is 35.5. The summed E-state index contributed by atoms with van der Waals surface area (Å²) in [7, 11) is 0. The number of halogens is 1. The van der Waals surface area contributed by atoms with Gasteiger partial charge < -0.3 is 11.1 Å². The van der Waals surface area contributed by atoms with Crippen molar-refractivity contribution in [2.75, 3.05) is 5.32 Å². The molecule has 1 aromatic carbocycles. The number of carbonyl (C=O) groups is 1. The van der Waals surface area contributed by atoms with Crippen molar-refractivity contribution < 1.29 is 4.79 Å². The van der Waals surface area contributed by atoms with Crippen LogP contribution in [-0.2, 0) is 4.79 Å². The fourth-order valence-electron chi connectivity index (χ4n) is 1.52. The number of primary amides is 1. The molecule has 4 heteroatoms. The van der Waals surface area contributed by atoms with Crippen LogP contribution in [0.1, 0.15) is 19.8 Å². The predicted molar refractivity (Wildman–Crippen MR) is 72.1 cm³/mol. The maximum atomic E-state index is 11.5. The van der Waals surface area contributed by atoms with E-state index >= 15 is 0 Å². The van der Waals surface area contributed by atoms with Gasteiger partial charge in [-0.1, -0.05) is 23.7 Å². The summed E-state index contributed by atoms with van der Waals surface area (Å²) in [6.45, 7) is 5.42. The largest absolute Gasteiger partial charge is 0.371 e. The third-order valence-corrected chi connectivity index (χ3v) is 2.87. The van der Waals surface area contributed by atoms with Gasteiger partial charge in [0, 0.05) is 10.7 Å². The molecular formula is C13H17ClN2O. The molecule has 0 bridgehead atoms. The lowest BCUT2D eigenvalue weighted by Crippen LogP contribution is -2.47. The van der Waals surface area contributed by atoms with E-state index in [0.29, 0.717) is 17.9 Å². The summed E-state index contributed by atoms with van der Waals surface area (Å²) in [5, 5.41) is 3.74. The number of benzene rings is 1. The zero-order valence-corrected chi connectivity index (χ0v) is 10.6. The van der Waals surface area contributed by atoms with Crippen LogP contribution in [-0.4, -0.2) is 11.4 Å². The second-order valence-electron chi connectivity index (χ2n) is 4.16. The molecule has 0 saturated heterocycles. The Morgan fingerprint density at radius 3 is 2.88 bits per heavy atom. The minimum atomic E-state index is -0.793. The van der Waals surface area contributed by atoms with Crippen LogP contribution in [0.15, 0.2) is 36.9 Å². The van der Waals surface area contributed by atoms with Crippen LogP contribution in [0.2, 0.25) is 5.02 Å². The Kier molecular flexibility index (Phi) is 4.58. The Morgan fingerprint density at radius 1 is 1.65 bits per heavy atom. The summed E-state index contributed by atoms with van der Waals surface area (Å²) in [6, 6.07) is 7.20. The molecule has 0 aliphatic heterocycles. The standard InChI is InChI=1S/C13H17ClN2O/c1-3-4-8-13(2,12(15)17)16-11-7-5-6-10(14)9-11/h3,5-7,9,16H,1,4,8H2,2H3,(H2,15,17). The third-order valence-electron chi connectivity index (χ3n) is 2.64. The van der Waals surface area contributed by atoms with Gasteiger partial charge in [-0.3, -0.25) is 4.79 Å². The van der Waals surface area contributed by atoms with E-state index in [-0.39, 0.29) is 5.91 Å². The fraction of sp³-hybridized carbons (Fsp3) is 0.308. The van der Waals surface area contributed by atoms with E-state index in [1.165, 1.54) is 0 Å². The Hall–Kier alpha value is -1.48. The van der Waals surface area contributed by atoms with Crippen molar-refractivity contribution in [3.8, 4) is 0 Å². The van der Waals surface area contributed by atoms with Crippen LogP contribution in [0, 0.1) is 0 Å². The molecule has 0 radical (unpaired) electrons. The molecule has 3 nitrogen and oxygen atoms in total. The lowest BCUT2D eigenvalue weighted by atomic mass is 9.94. The molecule has 0 spiro atoms. The van der Waals surface area contributed by atoms with E-state index in [9.17, 15) is 4.79 Å². The van der Waals surface area contributed by atoms with Gasteiger partial charge in [0.2, 0.25) is 5.91 Å². The lowest BCUT2D eigenvalue weighted by Gasteiger charge is -2.28. The molecule has 0 aliphatic rings. The molecule has 1 unspecified atom stereocenters. The Bertz CT molecular complexity index is 420. The second-order valence-corrected chi connectivity index (χ2v) is 4.60. The maximum Gasteiger partial charge on any atom is 0.242 e. The van der Waals surface area contributed by atoms with E-state index in [2.05, 4.69) is 11.9 Å². The first-order chi connectivity index (χ1) is 7.98. The van der Waals surface area contributed by atoms with Gasteiger partial charge in [-0.25, -0.2) is 0 Å². The van der Waals surface area contributed by atoms with Gasteiger partial charge in [0.25, 0.3) is 0 Å². The summed E-state index contributed by atoms with van der Waals surface area (Å²) < 4.78 is 0. The highest BCUT2D eigenvalue weighted by Crippen LogP contribution is 2.22. The van der Waals surface area contributed by atoms with Gasteiger partial charge in [-0.05, 0) is 38.0 Å². The minimum absolute atomic E-state index is 0.390. The zero-order chi connectivity index (χ0) is 12.9. The molecule has 92 valence electrons. The monoisotopic (exact) mass is 252 g/mol. The predicted octanol–water partition coefficient (Wildman–Crippen LogP) is 2.96. The number of amides is 1. The lowest BCUT2D eigenvalue weighted by molar-refractivity contribution is -0.121. The van der Waals surface area contributed by atoms with Crippen molar-refractivity contribution in [2.24, 2.45) is 5.73 Å². The van der Waals surface area contributed by atoms with Crippen LogP contribution in [0.4, 0.5) is 5.69 Å². The first-order valence-electron chi connectivity index (χ1n) is 5.42. The highest BCUT2D eigenvalue weighted by Gasteiger charge is 2.29. The zero-order valence-electron chi connectivity index (χ0n) is 9.87. The van der Waals surface area contributed by atoms with Gasteiger partial charge >= 0.3 is 0 Å². The van der Waals surface area contributed by atoms with E-state index in [0.717, 1.165) is 5.69 Å². The fourth-order valence-corrected chi connectivity index (χ4v) is 1.71. The molecule has 0 saturated carbocycles. The first kappa shape index (κ1) is 13.6. The quantitative estimate of drug-likeness (QED) is 0.765. The van der Waals surface area contributed by atoms with Crippen molar-refractivity contribution in [1.82, 2.24) is 0 Å². The second kappa shape index (κ2) is 5.73. The van der Waals surface area contributed by atoms with Gasteiger partial charge in [0.15, 0.2) is 0 Å². The molecule has 1 atom stereocenters. The van der Waals surface area contributed by atoms with Gasteiger partial charge in [0.05, 0.1) is 0 Å². The summed E-state index contributed by atoms with van der Waals surface area (Å²) in [5.41, 5.74) is 5.42. The van der Waals surface area contributed by atoms with E-state index < -0.39 is 5.54 Å². The molecule has 0 heterocycles. The van der Waals surface area contributed by atoms with Crippen molar-refractivity contribution in [1.29, 1.82) is 0 Å². The SMILES string of the molecule is C=CCCC(C)(Nc1cccc(Cl)c1)C(N)=O. The number of carbonyl (C=O) groups excluding carboxylic acids is 1. The van der Waals surface area contributed by atoms with Gasteiger partial charge in [0.1, 0.15) is 5.54 Å². The molecular weight excluding hydrogens is 236 g/mol. The van der Waals surface area contributed by atoms with Gasteiger partial charge in [-0.15, -0.1) is 6.58 Å². The van der Waals surface area contributed by atoms with Crippen molar-refractivity contribution >= 4 is 23.2 Å². The molecule has 3 N–H and O–H groups in total. The Morgan fingerprint density at radius 2 is 2.35 bits per heavy atom. The van der Waals surface area contributed by atoms with Crippen LogP contribution < -0.4 is 11.1 Å². The van der Waals surface area contributed by atoms with Crippen molar-refractivity contribution in [3.05, 3.63) is 41.9 Å². The maximum absolute atomic E-state index is 11.5. The van der Waals surface area contributed by atoms with E-state index in [4.69, 9.17) is 17.3 Å². The minimum Gasteiger partial charge on any atom is -0.371 e. The average Bonchev–Trinajstić information content (AvgIpc) is 2.26. The molecule has 0 aliphatic carbocycles. The molecule has 17 heavy (non-hydrogen) atoms. The molecule has 0 fully saturated rings. The molecule has 1 rings (SSSR count). The Balaban J connectivity index is 2.86. The molecule has 1 amide bonds. The van der Waals surface area contributed by atoms with E-state index in [1.807, 2.05) is 12.1 Å². The number of hydrogen-bond donors (Lipinski definition) is 2. The normalized spacial score (nSPS) is 13.8. The number of anilines is 1. The van der Waals surface area contributed by atoms with Crippen LogP contribution in [0.3, 0.4) is 0 Å². The number of nitrogens with two attached hydrogens (primary N) is 1. The number of allylic oxidation sites excluding steroid dienone is 1. The topological polar surface area (TPSA) is 55.1 Å². The summed E-state index contributed by atoms with van der Waals surface area (Å²) in [4.78, 5) is 11.5. The third kappa shape index (κ3) is 3.79. The number of hydrogen-bond acceptors (Lipinski definition) is 2. The first-order valence-corrected chi connectivity index (χ1v) is 5.80. The summed E-state index contributed by atoms with van der Waals surface area (Å²) >= 11 is 5.89. The average molecular weight is 253 g/mol. The smallest absolute Gasteiger partial charge is 0.242 e. The molecule has 1 aromatic rings. The van der Waals surface area contributed by atoms with Crippen molar-refractivity contribution in [2.45, 2.75) is 25.3 Å². The highest BCUT2D eigenvalue weighted by molar-refractivity contribution is 6.30. The summed E-state index contributed by atoms with van der Waals surface area (Å²) in [5.74, 6) is -0.390. The van der Waals surface area contributed by atoms with E-state index in [1.54, 1.807) is 25.1 Å². The van der Waals surface area contributed by atoms with Crippen LogP contribution in [0.5, 0.6) is 0 Å². The number of rotatable bonds is 6. The van der Waals surface area contributed by atoms with Gasteiger partial charge in [-0.2, -0.15) is 0 Å². The van der Waals surface area contributed by atoms with Crippen LogP contribution >= 0.6 is 11.6 Å². The van der Waals surface area contributed by atoms with Crippen molar-refractivity contribution in [3.63, 3.8) is 0 Å². The summed E-state index contributed by atoms with van der Waals surface area (Å²) in [6.07, 6.45) is 3.08. The number of nitrogens with one attached hydrogen (secondary N) is 1.